The normalized spacial score (nSPS) is 25.1. The minimum atomic E-state index is -0.899. The molecule has 0 bridgehead atoms. The Labute approximate surface area is 161 Å². The Balaban J connectivity index is 0.00000364. The van der Waals surface area contributed by atoms with Crippen LogP contribution in [0, 0.1) is 21.4 Å². The Morgan fingerprint density at radius 1 is 1.30 bits per heavy atom. The molecule has 1 aliphatic rings. The molecule has 0 amide bonds. The second kappa shape index (κ2) is 8.80. The maximum absolute atomic E-state index is 12.6. The third-order valence-electron chi connectivity index (χ3n) is 5.16. The molecular weight excluding hydrogens is 346 g/mol. The minimum absolute atomic E-state index is 0. The molecule has 1 aromatic rings. The van der Waals surface area contributed by atoms with Gasteiger partial charge in [0.2, 0.25) is 6.04 Å². The Morgan fingerprint density at radius 3 is 2.37 bits per heavy atom. The Bertz CT molecular complexity index is 669. The molecule has 27 heavy (non-hydrogen) atoms. The van der Waals surface area contributed by atoms with Crippen LogP contribution in [0.1, 0.15) is 64.6 Å². The van der Waals surface area contributed by atoms with Crippen LogP contribution in [0.15, 0.2) is 24.3 Å². The predicted molar refractivity (Wildman–Crippen MR) is 106 cm³/mol. The highest BCUT2D eigenvalue weighted by Gasteiger charge is 2.58. The van der Waals surface area contributed by atoms with Gasteiger partial charge < -0.3 is 10.9 Å². The molecule has 1 heterocycles. The molecule has 0 aromatic heterocycles. The zero-order valence-corrected chi connectivity index (χ0v) is 17.2. The lowest BCUT2D eigenvalue weighted by molar-refractivity contribution is -0.535. The number of benzene rings is 1. The van der Waals surface area contributed by atoms with Crippen molar-refractivity contribution in [3.8, 4) is 0 Å². The van der Waals surface area contributed by atoms with Gasteiger partial charge in [-0.3, -0.25) is 20.2 Å². The van der Waals surface area contributed by atoms with Crippen molar-refractivity contribution in [1.29, 1.82) is 0 Å². The van der Waals surface area contributed by atoms with Gasteiger partial charge in [0, 0.05) is 4.92 Å². The van der Waals surface area contributed by atoms with Crippen LogP contribution in [0.2, 0.25) is 0 Å². The molecule has 1 aromatic carbocycles. The Hall–Kier alpha value is -1.99. The summed E-state index contributed by atoms with van der Waals surface area (Å²) in [5.74, 6) is -0.652. The molecular formula is C20H33N3O4. The van der Waals surface area contributed by atoms with Crippen LogP contribution in [0.3, 0.4) is 0 Å². The fraction of sp³-hybridized carbons (Fsp3) is 0.650. The molecule has 0 unspecified atom stereocenters. The molecule has 0 aliphatic carbocycles. The zero-order valence-electron chi connectivity index (χ0n) is 17.2. The Kier molecular flexibility index (Phi) is 7.51. The van der Waals surface area contributed by atoms with Gasteiger partial charge in [-0.15, -0.1) is 0 Å². The first-order valence-corrected chi connectivity index (χ1v) is 9.24. The minimum Gasteiger partial charge on any atom is -0.465 e. The summed E-state index contributed by atoms with van der Waals surface area (Å²) in [5, 5.41) is 15.3. The van der Waals surface area contributed by atoms with E-state index in [4.69, 9.17) is 4.74 Å². The van der Waals surface area contributed by atoms with E-state index in [9.17, 15) is 14.9 Å². The lowest BCUT2D eigenvalue weighted by Crippen LogP contribution is -2.45. The predicted octanol–water partition coefficient (Wildman–Crippen LogP) is 3.86. The summed E-state index contributed by atoms with van der Waals surface area (Å²) in [4.78, 5) is 24.4. The molecule has 1 saturated heterocycles. The van der Waals surface area contributed by atoms with Crippen molar-refractivity contribution in [2.24, 2.45) is 11.3 Å². The van der Waals surface area contributed by atoms with Gasteiger partial charge in [-0.05, 0) is 29.4 Å². The van der Waals surface area contributed by atoms with Gasteiger partial charge in [0.1, 0.15) is 12.1 Å². The fourth-order valence-electron chi connectivity index (χ4n) is 4.11. The molecule has 1 aliphatic heterocycles. The molecule has 4 N–H and O–H groups in total. The maximum atomic E-state index is 12.6. The number of hydrogen-bond donors (Lipinski definition) is 2. The lowest BCUT2D eigenvalue weighted by Gasteiger charge is -2.31. The van der Waals surface area contributed by atoms with Crippen LogP contribution >= 0.6 is 0 Å². The van der Waals surface area contributed by atoms with Crippen molar-refractivity contribution in [1.82, 2.24) is 11.5 Å². The average Bonchev–Trinajstić information content (AvgIpc) is 2.96. The fourth-order valence-corrected chi connectivity index (χ4v) is 4.11. The number of rotatable bonds is 5. The van der Waals surface area contributed by atoms with Crippen LogP contribution < -0.4 is 11.5 Å². The third kappa shape index (κ3) is 4.65. The van der Waals surface area contributed by atoms with E-state index in [0.717, 1.165) is 11.1 Å². The number of ether oxygens (including phenoxy) is 1. The molecule has 7 heteroatoms. The van der Waals surface area contributed by atoms with Crippen molar-refractivity contribution in [3.63, 3.8) is 0 Å². The van der Waals surface area contributed by atoms with Gasteiger partial charge >= 0.3 is 5.97 Å². The van der Waals surface area contributed by atoms with Crippen molar-refractivity contribution in [3.05, 3.63) is 45.5 Å². The number of carbonyl (C=O) groups is 1. The van der Waals surface area contributed by atoms with Crippen molar-refractivity contribution in [2.45, 2.75) is 65.6 Å². The van der Waals surface area contributed by atoms with Crippen molar-refractivity contribution < 1.29 is 14.5 Å². The summed E-state index contributed by atoms with van der Waals surface area (Å²) < 4.78 is 5.22. The maximum Gasteiger partial charge on any atom is 0.323 e. The molecule has 0 radical (unpaired) electrons. The first-order valence-electron chi connectivity index (χ1n) is 9.24. The number of hydrogen-bond acceptors (Lipinski definition) is 6. The molecule has 7 nitrogen and oxygen atoms in total. The van der Waals surface area contributed by atoms with Crippen molar-refractivity contribution in [2.75, 3.05) is 6.61 Å². The number of nitrogens with one attached hydrogen (secondary N) is 1. The standard InChI is InChI=1S/C20H30N2O4.H3N/c1-7-26-19(23)17-15(20(4,5)6)18(22(24)25)16(21-17)14-11-9-8-10-13(14)12(2)3;/h8-12,15-18,21H,7H2,1-6H3;1H3/t15-,16+,17+,18+;/m1./s1. The summed E-state index contributed by atoms with van der Waals surface area (Å²) in [7, 11) is 0. The quantitative estimate of drug-likeness (QED) is 0.456. The van der Waals surface area contributed by atoms with Crippen LogP contribution in [0.25, 0.3) is 0 Å². The summed E-state index contributed by atoms with van der Waals surface area (Å²) in [6.07, 6.45) is 0. The zero-order chi connectivity index (χ0) is 19.6. The summed E-state index contributed by atoms with van der Waals surface area (Å²) >= 11 is 0. The molecule has 0 saturated carbocycles. The molecule has 152 valence electrons. The van der Waals surface area contributed by atoms with E-state index in [1.54, 1.807) is 6.92 Å². The number of carbonyl (C=O) groups excluding carboxylic acids is 1. The molecule has 4 atom stereocenters. The van der Waals surface area contributed by atoms with E-state index in [1.165, 1.54) is 0 Å². The van der Waals surface area contributed by atoms with E-state index < -0.39 is 35.4 Å². The number of esters is 1. The van der Waals surface area contributed by atoms with Gasteiger partial charge in [0.15, 0.2) is 0 Å². The van der Waals surface area contributed by atoms with Gasteiger partial charge in [0.25, 0.3) is 0 Å². The van der Waals surface area contributed by atoms with Crippen LogP contribution in [-0.2, 0) is 9.53 Å². The summed E-state index contributed by atoms with van der Waals surface area (Å²) in [5.41, 5.74) is 1.53. The first-order chi connectivity index (χ1) is 12.1. The van der Waals surface area contributed by atoms with E-state index in [0.29, 0.717) is 0 Å². The van der Waals surface area contributed by atoms with Crippen molar-refractivity contribution >= 4 is 5.97 Å². The monoisotopic (exact) mass is 379 g/mol. The second-order valence-electron chi connectivity index (χ2n) is 8.33. The van der Waals surface area contributed by atoms with Gasteiger partial charge in [0.05, 0.1) is 12.5 Å². The van der Waals surface area contributed by atoms with Gasteiger partial charge in [-0.25, -0.2) is 0 Å². The van der Waals surface area contributed by atoms with E-state index in [-0.39, 0.29) is 23.6 Å². The SMILES string of the molecule is CCOC(=O)[C@H]1N[C@@H](c2ccccc2C(C)C)[C@@H]([N+](=O)[O-])[C@@H]1C(C)(C)C.N. The number of nitrogens with zero attached hydrogens (tertiary/aromatic N) is 1. The van der Waals surface area contributed by atoms with E-state index in [1.807, 2.05) is 45.0 Å². The first kappa shape index (κ1) is 23.0. The van der Waals surface area contributed by atoms with E-state index in [2.05, 4.69) is 19.2 Å². The van der Waals surface area contributed by atoms with Crippen LogP contribution in [0.5, 0.6) is 0 Å². The molecule has 0 spiro atoms. The average molecular weight is 380 g/mol. The summed E-state index contributed by atoms with van der Waals surface area (Å²) in [6, 6.07) is 5.64. The largest absolute Gasteiger partial charge is 0.465 e. The Morgan fingerprint density at radius 2 is 1.89 bits per heavy atom. The van der Waals surface area contributed by atoms with E-state index >= 15 is 0 Å². The topological polar surface area (TPSA) is 116 Å². The lowest BCUT2D eigenvalue weighted by atomic mass is 9.72. The number of nitro groups is 1. The summed E-state index contributed by atoms with van der Waals surface area (Å²) in [6.45, 7) is 12.0. The van der Waals surface area contributed by atoms with Gasteiger partial charge in [-0.2, -0.15) is 0 Å². The molecule has 2 rings (SSSR count). The third-order valence-corrected chi connectivity index (χ3v) is 5.16. The van der Waals surface area contributed by atoms with Crippen LogP contribution in [-0.4, -0.2) is 29.6 Å². The second-order valence-corrected chi connectivity index (χ2v) is 8.33. The smallest absolute Gasteiger partial charge is 0.323 e. The molecule has 1 fully saturated rings. The van der Waals surface area contributed by atoms with Gasteiger partial charge in [-0.1, -0.05) is 58.9 Å². The highest BCUT2D eigenvalue weighted by atomic mass is 16.6. The highest BCUT2D eigenvalue weighted by Crippen LogP contribution is 2.45. The highest BCUT2D eigenvalue weighted by molar-refractivity contribution is 5.77. The van der Waals surface area contributed by atoms with Crippen LogP contribution in [0.4, 0.5) is 0 Å².